The molecule has 1 aromatic heterocycles. The van der Waals surface area contributed by atoms with Gasteiger partial charge in [0.15, 0.2) is 0 Å². The van der Waals surface area contributed by atoms with Crippen LogP contribution in [0.3, 0.4) is 0 Å². The molecule has 1 aromatic carbocycles. The highest BCUT2D eigenvalue weighted by Gasteiger charge is 2.25. The van der Waals surface area contributed by atoms with Gasteiger partial charge in [0, 0.05) is 17.1 Å². The minimum atomic E-state index is 0.503. The van der Waals surface area contributed by atoms with Crippen molar-refractivity contribution in [3.05, 3.63) is 41.6 Å². The van der Waals surface area contributed by atoms with Gasteiger partial charge in [-0.15, -0.1) is 0 Å². The molecule has 2 heteroatoms. The van der Waals surface area contributed by atoms with E-state index in [2.05, 4.69) is 47.6 Å². The number of aromatic nitrogens is 1. The summed E-state index contributed by atoms with van der Waals surface area (Å²) in [7, 11) is 0. The number of rotatable bonds is 5. The van der Waals surface area contributed by atoms with Crippen molar-refractivity contribution >= 4 is 10.9 Å². The number of hydrogen-bond acceptors (Lipinski definition) is 2. The van der Waals surface area contributed by atoms with Crippen LogP contribution in [0.25, 0.3) is 10.9 Å². The van der Waals surface area contributed by atoms with Gasteiger partial charge in [0.05, 0.1) is 5.52 Å². The van der Waals surface area contributed by atoms with Gasteiger partial charge >= 0.3 is 0 Å². The van der Waals surface area contributed by atoms with E-state index < -0.39 is 0 Å². The Hall–Kier alpha value is -1.41. The highest BCUT2D eigenvalue weighted by Crippen LogP contribution is 2.38. The van der Waals surface area contributed by atoms with Crippen LogP contribution in [0.5, 0.6) is 0 Å². The van der Waals surface area contributed by atoms with E-state index in [1.54, 1.807) is 0 Å². The lowest BCUT2D eigenvalue weighted by molar-refractivity contribution is 0.487. The van der Waals surface area contributed by atoms with E-state index in [0.29, 0.717) is 6.04 Å². The molecule has 1 N–H and O–H groups in total. The fourth-order valence-corrected chi connectivity index (χ4v) is 2.73. The highest BCUT2D eigenvalue weighted by molar-refractivity contribution is 5.79. The minimum absolute atomic E-state index is 0.503. The number of aryl methyl sites for hydroxylation is 1. The first-order valence-electron chi connectivity index (χ1n) is 7.37. The van der Waals surface area contributed by atoms with Gasteiger partial charge in [-0.05, 0) is 49.6 Å². The molecule has 19 heavy (non-hydrogen) atoms. The van der Waals surface area contributed by atoms with E-state index in [9.17, 15) is 0 Å². The summed E-state index contributed by atoms with van der Waals surface area (Å²) in [6.45, 7) is 5.26. The summed E-state index contributed by atoms with van der Waals surface area (Å²) in [4.78, 5) is 4.57. The van der Waals surface area contributed by atoms with Crippen molar-refractivity contribution in [2.45, 2.75) is 39.2 Å². The van der Waals surface area contributed by atoms with E-state index in [4.69, 9.17) is 0 Å². The maximum atomic E-state index is 4.57. The number of nitrogens with one attached hydrogen (secondary N) is 1. The number of pyridine rings is 1. The first-order valence-corrected chi connectivity index (χ1v) is 7.37. The van der Waals surface area contributed by atoms with Gasteiger partial charge in [-0.3, -0.25) is 4.98 Å². The molecule has 0 saturated heterocycles. The van der Waals surface area contributed by atoms with Crippen molar-refractivity contribution in [1.82, 2.24) is 10.3 Å². The largest absolute Gasteiger partial charge is 0.310 e. The minimum Gasteiger partial charge on any atom is -0.310 e. The average molecular weight is 254 g/mol. The molecule has 100 valence electrons. The Balaban J connectivity index is 1.90. The van der Waals surface area contributed by atoms with Crippen LogP contribution in [0.1, 0.15) is 43.5 Å². The molecule has 0 radical (unpaired) electrons. The van der Waals surface area contributed by atoms with Crippen LogP contribution in [-0.4, -0.2) is 11.5 Å². The molecule has 2 aromatic rings. The standard InChI is InChI=1S/C17H22N2/c1-3-18-17(10-13-5-6-13)15-8-9-16-14(11-15)7-4-12(2)19-16/h4,7-9,11,13,17-18H,3,5-6,10H2,1-2H3. The van der Waals surface area contributed by atoms with E-state index in [1.165, 1.54) is 30.2 Å². The Morgan fingerprint density at radius 3 is 2.84 bits per heavy atom. The van der Waals surface area contributed by atoms with Crippen molar-refractivity contribution in [2.75, 3.05) is 6.54 Å². The fraction of sp³-hybridized carbons (Fsp3) is 0.471. The molecule has 1 atom stereocenters. The molecule has 2 nitrogen and oxygen atoms in total. The van der Waals surface area contributed by atoms with Gasteiger partial charge in [0.25, 0.3) is 0 Å². The molecule has 0 bridgehead atoms. The first-order chi connectivity index (χ1) is 9.26. The van der Waals surface area contributed by atoms with Crippen LogP contribution in [-0.2, 0) is 0 Å². The second-order valence-corrected chi connectivity index (χ2v) is 5.69. The molecule has 1 aliphatic rings. The Kier molecular flexibility index (Phi) is 3.52. The average Bonchev–Trinajstić information content (AvgIpc) is 3.22. The molecule has 3 rings (SSSR count). The summed E-state index contributed by atoms with van der Waals surface area (Å²) in [6, 6.07) is 11.5. The van der Waals surface area contributed by atoms with Crippen LogP contribution in [0, 0.1) is 12.8 Å². The van der Waals surface area contributed by atoms with Crippen LogP contribution in [0.15, 0.2) is 30.3 Å². The van der Waals surface area contributed by atoms with Gasteiger partial charge in [-0.2, -0.15) is 0 Å². The van der Waals surface area contributed by atoms with Gasteiger partial charge in [0.2, 0.25) is 0 Å². The molecule has 0 spiro atoms. The SMILES string of the molecule is CCNC(CC1CC1)c1ccc2nc(C)ccc2c1. The second-order valence-electron chi connectivity index (χ2n) is 5.69. The molecule has 1 fully saturated rings. The highest BCUT2D eigenvalue weighted by atomic mass is 14.9. The molecule has 1 saturated carbocycles. The van der Waals surface area contributed by atoms with E-state index in [-0.39, 0.29) is 0 Å². The van der Waals surface area contributed by atoms with Crippen LogP contribution >= 0.6 is 0 Å². The maximum absolute atomic E-state index is 4.57. The van der Waals surface area contributed by atoms with Crippen LogP contribution < -0.4 is 5.32 Å². The molecule has 0 amide bonds. The first kappa shape index (κ1) is 12.6. The zero-order chi connectivity index (χ0) is 13.2. The van der Waals surface area contributed by atoms with Crippen LogP contribution in [0.4, 0.5) is 0 Å². The van der Waals surface area contributed by atoms with Gasteiger partial charge in [-0.25, -0.2) is 0 Å². The molecular weight excluding hydrogens is 232 g/mol. The van der Waals surface area contributed by atoms with Gasteiger partial charge < -0.3 is 5.32 Å². The molecule has 0 aliphatic heterocycles. The molecular formula is C17H22N2. The number of benzene rings is 1. The molecule has 1 heterocycles. The zero-order valence-electron chi connectivity index (χ0n) is 11.8. The predicted molar refractivity (Wildman–Crippen MR) is 80.2 cm³/mol. The summed E-state index contributed by atoms with van der Waals surface area (Å²) in [6.07, 6.45) is 4.10. The van der Waals surface area contributed by atoms with Crippen molar-refractivity contribution in [3.63, 3.8) is 0 Å². The predicted octanol–water partition coefficient (Wildman–Crippen LogP) is 3.99. The summed E-state index contributed by atoms with van der Waals surface area (Å²) in [5.74, 6) is 0.941. The quantitative estimate of drug-likeness (QED) is 0.872. The summed E-state index contributed by atoms with van der Waals surface area (Å²) >= 11 is 0. The molecule has 1 aliphatic carbocycles. The summed E-state index contributed by atoms with van der Waals surface area (Å²) in [5.41, 5.74) is 3.60. The van der Waals surface area contributed by atoms with E-state index in [0.717, 1.165) is 23.7 Å². The Bertz CT molecular complexity index is 572. The Morgan fingerprint density at radius 2 is 2.11 bits per heavy atom. The van der Waals surface area contributed by atoms with Crippen molar-refractivity contribution in [2.24, 2.45) is 5.92 Å². The van der Waals surface area contributed by atoms with E-state index in [1.807, 2.05) is 6.92 Å². The second kappa shape index (κ2) is 5.30. The number of fused-ring (bicyclic) bond motifs is 1. The van der Waals surface area contributed by atoms with Gasteiger partial charge in [0.1, 0.15) is 0 Å². The third-order valence-electron chi connectivity index (χ3n) is 3.97. The molecule has 1 unspecified atom stereocenters. The van der Waals surface area contributed by atoms with Crippen molar-refractivity contribution in [3.8, 4) is 0 Å². The smallest absolute Gasteiger partial charge is 0.0705 e. The fourth-order valence-electron chi connectivity index (χ4n) is 2.73. The van der Waals surface area contributed by atoms with Gasteiger partial charge in [-0.1, -0.05) is 31.9 Å². The third-order valence-corrected chi connectivity index (χ3v) is 3.97. The van der Waals surface area contributed by atoms with E-state index >= 15 is 0 Å². The maximum Gasteiger partial charge on any atom is 0.0705 e. The lowest BCUT2D eigenvalue weighted by Gasteiger charge is -2.18. The lowest BCUT2D eigenvalue weighted by atomic mass is 9.99. The van der Waals surface area contributed by atoms with Crippen molar-refractivity contribution in [1.29, 1.82) is 0 Å². The Labute approximate surface area is 115 Å². The normalized spacial score (nSPS) is 16.7. The number of nitrogens with zero attached hydrogens (tertiary/aromatic N) is 1. The topological polar surface area (TPSA) is 24.9 Å². The zero-order valence-corrected chi connectivity index (χ0v) is 11.8. The third kappa shape index (κ3) is 2.95. The summed E-state index contributed by atoms with van der Waals surface area (Å²) in [5, 5.41) is 4.88. The van der Waals surface area contributed by atoms with Crippen molar-refractivity contribution < 1.29 is 0 Å². The lowest BCUT2D eigenvalue weighted by Crippen LogP contribution is -2.21. The number of hydrogen-bond donors (Lipinski definition) is 1. The Morgan fingerprint density at radius 1 is 1.26 bits per heavy atom. The van der Waals surface area contributed by atoms with Crippen LogP contribution in [0.2, 0.25) is 0 Å². The summed E-state index contributed by atoms with van der Waals surface area (Å²) < 4.78 is 0. The monoisotopic (exact) mass is 254 g/mol.